The summed E-state index contributed by atoms with van der Waals surface area (Å²) in [7, 11) is 1.68. The van der Waals surface area contributed by atoms with Gasteiger partial charge >= 0.3 is 0 Å². The van der Waals surface area contributed by atoms with Crippen LogP contribution in [-0.2, 0) is 9.53 Å². The fourth-order valence-electron chi connectivity index (χ4n) is 2.11. The zero-order valence-corrected chi connectivity index (χ0v) is 11.2. The lowest BCUT2D eigenvalue weighted by atomic mass is 10.1. The Labute approximate surface area is 104 Å². The molecule has 0 aliphatic carbocycles. The van der Waals surface area contributed by atoms with Crippen molar-refractivity contribution in [1.82, 2.24) is 15.5 Å². The number of hydrogen-bond donors (Lipinski definition) is 2. The second kappa shape index (κ2) is 7.63. The van der Waals surface area contributed by atoms with Crippen molar-refractivity contribution in [2.24, 2.45) is 0 Å². The predicted molar refractivity (Wildman–Crippen MR) is 68.0 cm³/mol. The Morgan fingerprint density at radius 1 is 1.65 bits per heavy atom. The number of hydrogen-bond acceptors (Lipinski definition) is 4. The molecule has 100 valence electrons. The first-order valence-electron chi connectivity index (χ1n) is 6.46. The number of carbonyl (C=O) groups excluding carboxylic acids is 1. The van der Waals surface area contributed by atoms with Crippen molar-refractivity contribution < 1.29 is 9.53 Å². The zero-order valence-electron chi connectivity index (χ0n) is 11.2. The summed E-state index contributed by atoms with van der Waals surface area (Å²) < 4.78 is 5.75. The fraction of sp³-hybridized carbons (Fsp3) is 0.917. The number of ether oxygens (including phenoxy) is 1. The standard InChI is InChI=1S/C12H25N3O2/c1-4-6-15(9-12(16)13-3)10(2)11-8-14-5-7-17-11/h10-11,14H,4-9H2,1-3H3,(H,13,16). The summed E-state index contributed by atoms with van der Waals surface area (Å²) in [5, 5.41) is 6.00. The number of nitrogens with one attached hydrogen (secondary N) is 2. The quantitative estimate of drug-likeness (QED) is 0.679. The van der Waals surface area contributed by atoms with Crippen LogP contribution in [0, 0.1) is 0 Å². The highest BCUT2D eigenvalue weighted by molar-refractivity contribution is 5.77. The predicted octanol–water partition coefficient (Wildman–Crippen LogP) is -0.179. The summed E-state index contributed by atoms with van der Waals surface area (Å²) in [5.74, 6) is 0.0640. The van der Waals surface area contributed by atoms with Gasteiger partial charge in [-0.3, -0.25) is 9.69 Å². The molecule has 1 amide bonds. The van der Waals surface area contributed by atoms with E-state index in [-0.39, 0.29) is 18.1 Å². The van der Waals surface area contributed by atoms with E-state index < -0.39 is 0 Å². The second-order valence-corrected chi connectivity index (χ2v) is 4.50. The Morgan fingerprint density at radius 2 is 2.41 bits per heavy atom. The lowest BCUT2D eigenvalue weighted by molar-refractivity contribution is -0.123. The molecule has 0 bridgehead atoms. The van der Waals surface area contributed by atoms with Crippen molar-refractivity contribution in [2.75, 3.05) is 39.8 Å². The van der Waals surface area contributed by atoms with Gasteiger partial charge in [-0.2, -0.15) is 0 Å². The van der Waals surface area contributed by atoms with Crippen molar-refractivity contribution in [3.05, 3.63) is 0 Å². The van der Waals surface area contributed by atoms with Gasteiger partial charge in [-0.15, -0.1) is 0 Å². The Kier molecular flexibility index (Phi) is 6.47. The second-order valence-electron chi connectivity index (χ2n) is 4.50. The van der Waals surface area contributed by atoms with Crippen molar-refractivity contribution >= 4 is 5.91 Å². The molecule has 0 spiro atoms. The molecule has 2 atom stereocenters. The lowest BCUT2D eigenvalue weighted by Crippen LogP contribution is -2.53. The SMILES string of the molecule is CCCN(CC(=O)NC)C(C)C1CNCCO1. The third-order valence-electron chi connectivity index (χ3n) is 3.21. The first kappa shape index (κ1) is 14.4. The number of likely N-dealkylation sites (N-methyl/N-ethyl adjacent to an activating group) is 1. The molecule has 5 nitrogen and oxygen atoms in total. The minimum atomic E-state index is 0.0640. The van der Waals surface area contributed by atoms with E-state index in [2.05, 4.69) is 29.4 Å². The number of nitrogens with zero attached hydrogens (tertiary/aromatic N) is 1. The highest BCUT2D eigenvalue weighted by atomic mass is 16.5. The monoisotopic (exact) mass is 243 g/mol. The Bertz CT molecular complexity index is 230. The Hall–Kier alpha value is -0.650. The lowest BCUT2D eigenvalue weighted by Gasteiger charge is -2.36. The number of morpholine rings is 1. The van der Waals surface area contributed by atoms with Gasteiger partial charge in [0.2, 0.25) is 5.91 Å². The maximum atomic E-state index is 11.5. The average Bonchev–Trinajstić information content (AvgIpc) is 2.38. The van der Waals surface area contributed by atoms with Gasteiger partial charge in [0.05, 0.1) is 19.3 Å². The molecule has 0 saturated carbocycles. The van der Waals surface area contributed by atoms with E-state index in [0.29, 0.717) is 6.54 Å². The summed E-state index contributed by atoms with van der Waals surface area (Å²) in [6, 6.07) is 0.264. The first-order valence-corrected chi connectivity index (χ1v) is 6.46. The number of amides is 1. The first-order chi connectivity index (χ1) is 8.19. The molecule has 1 aliphatic heterocycles. The summed E-state index contributed by atoms with van der Waals surface area (Å²) >= 11 is 0. The summed E-state index contributed by atoms with van der Waals surface area (Å²) in [5.41, 5.74) is 0. The minimum absolute atomic E-state index is 0.0640. The minimum Gasteiger partial charge on any atom is -0.374 e. The molecule has 0 aromatic heterocycles. The van der Waals surface area contributed by atoms with E-state index in [1.165, 1.54) is 0 Å². The smallest absolute Gasteiger partial charge is 0.233 e. The molecule has 0 radical (unpaired) electrons. The van der Waals surface area contributed by atoms with Gasteiger partial charge in [0.15, 0.2) is 0 Å². The van der Waals surface area contributed by atoms with Crippen LogP contribution in [0.3, 0.4) is 0 Å². The van der Waals surface area contributed by atoms with Gasteiger partial charge in [0.1, 0.15) is 0 Å². The third kappa shape index (κ3) is 4.61. The van der Waals surface area contributed by atoms with Gasteiger partial charge in [-0.1, -0.05) is 6.92 Å². The van der Waals surface area contributed by atoms with Crippen LogP contribution in [-0.4, -0.2) is 62.8 Å². The van der Waals surface area contributed by atoms with Crippen LogP contribution in [0.1, 0.15) is 20.3 Å². The van der Waals surface area contributed by atoms with Crippen molar-refractivity contribution in [3.63, 3.8) is 0 Å². The largest absolute Gasteiger partial charge is 0.374 e. The maximum Gasteiger partial charge on any atom is 0.233 e. The molecule has 0 aromatic carbocycles. The van der Waals surface area contributed by atoms with E-state index >= 15 is 0 Å². The maximum absolute atomic E-state index is 11.5. The van der Waals surface area contributed by atoms with Crippen molar-refractivity contribution in [1.29, 1.82) is 0 Å². The van der Waals surface area contributed by atoms with Crippen LogP contribution in [0.15, 0.2) is 0 Å². The normalized spacial score (nSPS) is 22.5. The van der Waals surface area contributed by atoms with Gasteiger partial charge < -0.3 is 15.4 Å². The molecule has 17 heavy (non-hydrogen) atoms. The zero-order chi connectivity index (χ0) is 12.7. The molecule has 2 N–H and O–H groups in total. The summed E-state index contributed by atoms with van der Waals surface area (Å²) in [6.45, 7) is 8.19. The number of carbonyl (C=O) groups is 1. The number of rotatable bonds is 6. The van der Waals surface area contributed by atoms with Crippen molar-refractivity contribution in [2.45, 2.75) is 32.4 Å². The van der Waals surface area contributed by atoms with Gasteiger partial charge in [-0.05, 0) is 19.9 Å². The fourth-order valence-corrected chi connectivity index (χ4v) is 2.11. The third-order valence-corrected chi connectivity index (χ3v) is 3.21. The van der Waals surface area contributed by atoms with Gasteiger partial charge in [-0.25, -0.2) is 0 Å². The van der Waals surface area contributed by atoms with E-state index in [4.69, 9.17) is 4.74 Å². The summed E-state index contributed by atoms with van der Waals surface area (Å²) in [6.07, 6.45) is 1.22. The highest BCUT2D eigenvalue weighted by Gasteiger charge is 2.26. The molecule has 1 rings (SSSR count). The molecule has 5 heteroatoms. The van der Waals surface area contributed by atoms with E-state index in [1.54, 1.807) is 7.05 Å². The molecular formula is C12H25N3O2. The molecule has 1 saturated heterocycles. The highest BCUT2D eigenvalue weighted by Crippen LogP contribution is 2.10. The van der Waals surface area contributed by atoms with E-state index in [1.807, 2.05) is 0 Å². The van der Waals surface area contributed by atoms with Crippen LogP contribution < -0.4 is 10.6 Å². The molecule has 1 aliphatic rings. The van der Waals surface area contributed by atoms with Crippen LogP contribution in [0.4, 0.5) is 0 Å². The topological polar surface area (TPSA) is 53.6 Å². The molecule has 1 heterocycles. The van der Waals surface area contributed by atoms with Crippen molar-refractivity contribution in [3.8, 4) is 0 Å². The molecule has 2 unspecified atom stereocenters. The van der Waals surface area contributed by atoms with Gasteiger partial charge in [0, 0.05) is 26.2 Å². The van der Waals surface area contributed by atoms with E-state index in [9.17, 15) is 4.79 Å². The molecule has 1 fully saturated rings. The Morgan fingerprint density at radius 3 is 2.94 bits per heavy atom. The molecule has 0 aromatic rings. The average molecular weight is 243 g/mol. The Balaban J connectivity index is 2.51. The summed E-state index contributed by atoms with van der Waals surface area (Å²) in [4.78, 5) is 13.7. The van der Waals surface area contributed by atoms with Crippen LogP contribution in [0.2, 0.25) is 0 Å². The van der Waals surface area contributed by atoms with Crippen LogP contribution in [0.5, 0.6) is 0 Å². The van der Waals surface area contributed by atoms with E-state index in [0.717, 1.165) is 32.7 Å². The van der Waals surface area contributed by atoms with Crippen LogP contribution in [0.25, 0.3) is 0 Å². The van der Waals surface area contributed by atoms with Gasteiger partial charge in [0.25, 0.3) is 0 Å². The molecular weight excluding hydrogens is 218 g/mol. The van der Waals surface area contributed by atoms with Crippen LogP contribution >= 0.6 is 0 Å².